The molecule has 0 radical (unpaired) electrons. The highest BCUT2D eigenvalue weighted by Gasteiger charge is 2.35. The average molecular weight is 236 g/mol. The Hall–Kier alpha value is -0.900. The Morgan fingerprint density at radius 3 is 2.94 bits per heavy atom. The first-order valence-electron chi connectivity index (χ1n) is 6.77. The number of nitrogens with one attached hydrogen (secondary N) is 1. The second-order valence-electron chi connectivity index (χ2n) is 5.58. The molecule has 1 aromatic heterocycles. The standard InChI is InChI=1S/C13H24N4/c1-4-17-12(14-10-16-17)9-13(8-11(2)3)6-5-7-15-13/h10-11,15H,4-9H2,1-3H3. The van der Waals surface area contributed by atoms with Gasteiger partial charge >= 0.3 is 0 Å². The van der Waals surface area contributed by atoms with E-state index in [9.17, 15) is 0 Å². The molecule has 0 spiro atoms. The minimum Gasteiger partial charge on any atom is -0.311 e. The summed E-state index contributed by atoms with van der Waals surface area (Å²) in [5.41, 5.74) is 0.258. The Labute approximate surface area is 104 Å². The van der Waals surface area contributed by atoms with Crippen molar-refractivity contribution in [2.45, 2.75) is 58.5 Å². The summed E-state index contributed by atoms with van der Waals surface area (Å²) in [5.74, 6) is 1.85. The summed E-state index contributed by atoms with van der Waals surface area (Å²) in [6.45, 7) is 8.77. The van der Waals surface area contributed by atoms with E-state index >= 15 is 0 Å². The van der Waals surface area contributed by atoms with Crippen LogP contribution in [0.3, 0.4) is 0 Å². The normalized spacial score (nSPS) is 24.7. The topological polar surface area (TPSA) is 42.7 Å². The first-order valence-corrected chi connectivity index (χ1v) is 6.77. The summed E-state index contributed by atoms with van der Waals surface area (Å²) in [7, 11) is 0. The lowest BCUT2D eigenvalue weighted by Crippen LogP contribution is -2.43. The Morgan fingerprint density at radius 2 is 2.35 bits per heavy atom. The Balaban J connectivity index is 2.12. The molecule has 1 atom stereocenters. The second-order valence-corrected chi connectivity index (χ2v) is 5.58. The third-order valence-corrected chi connectivity index (χ3v) is 3.62. The SMILES string of the molecule is CCn1ncnc1CC1(CC(C)C)CCCN1. The van der Waals surface area contributed by atoms with Crippen molar-refractivity contribution in [2.75, 3.05) is 6.54 Å². The monoisotopic (exact) mass is 236 g/mol. The molecule has 1 aliphatic rings. The molecule has 1 saturated heterocycles. The molecule has 96 valence electrons. The predicted molar refractivity (Wildman–Crippen MR) is 68.8 cm³/mol. The van der Waals surface area contributed by atoms with Crippen LogP contribution in [0.1, 0.15) is 45.9 Å². The molecule has 0 aromatic carbocycles. The summed E-state index contributed by atoms with van der Waals surface area (Å²) in [4.78, 5) is 4.41. The van der Waals surface area contributed by atoms with Crippen molar-refractivity contribution in [1.29, 1.82) is 0 Å². The van der Waals surface area contributed by atoms with Crippen LogP contribution in [0.15, 0.2) is 6.33 Å². The van der Waals surface area contributed by atoms with E-state index in [0.717, 1.165) is 31.3 Å². The first-order chi connectivity index (χ1) is 8.15. The van der Waals surface area contributed by atoms with E-state index in [2.05, 4.69) is 36.2 Å². The maximum Gasteiger partial charge on any atom is 0.138 e. The minimum atomic E-state index is 0.258. The van der Waals surface area contributed by atoms with Gasteiger partial charge in [0.15, 0.2) is 0 Å². The summed E-state index contributed by atoms with van der Waals surface area (Å²) in [6, 6.07) is 0. The van der Waals surface area contributed by atoms with Crippen LogP contribution in [0.2, 0.25) is 0 Å². The Bertz CT molecular complexity index is 350. The van der Waals surface area contributed by atoms with Gasteiger partial charge in [-0.15, -0.1) is 0 Å². The molecule has 0 amide bonds. The number of aryl methyl sites for hydroxylation is 1. The van der Waals surface area contributed by atoms with E-state index in [0.29, 0.717) is 0 Å². The van der Waals surface area contributed by atoms with Gasteiger partial charge in [-0.2, -0.15) is 5.10 Å². The van der Waals surface area contributed by atoms with Crippen molar-refractivity contribution in [3.05, 3.63) is 12.2 Å². The molecule has 17 heavy (non-hydrogen) atoms. The van der Waals surface area contributed by atoms with Crippen LogP contribution in [-0.2, 0) is 13.0 Å². The highest BCUT2D eigenvalue weighted by Crippen LogP contribution is 2.29. The van der Waals surface area contributed by atoms with Gasteiger partial charge in [0.05, 0.1) is 0 Å². The predicted octanol–water partition coefficient (Wildman–Crippen LogP) is 2.01. The molecular weight excluding hydrogens is 212 g/mol. The molecule has 0 bridgehead atoms. The number of hydrogen-bond acceptors (Lipinski definition) is 3. The van der Waals surface area contributed by atoms with Gasteiger partial charge in [0.25, 0.3) is 0 Å². The second kappa shape index (κ2) is 5.17. The van der Waals surface area contributed by atoms with E-state index in [-0.39, 0.29) is 5.54 Å². The van der Waals surface area contributed by atoms with Crippen molar-refractivity contribution in [1.82, 2.24) is 20.1 Å². The molecule has 1 aromatic rings. The zero-order valence-electron chi connectivity index (χ0n) is 11.2. The van der Waals surface area contributed by atoms with Gasteiger partial charge < -0.3 is 5.32 Å². The fourth-order valence-corrected chi connectivity index (χ4v) is 3.04. The lowest BCUT2D eigenvalue weighted by molar-refractivity contribution is 0.292. The van der Waals surface area contributed by atoms with E-state index in [4.69, 9.17) is 0 Å². The summed E-state index contributed by atoms with van der Waals surface area (Å²) >= 11 is 0. The van der Waals surface area contributed by atoms with Crippen LogP contribution in [0, 0.1) is 5.92 Å². The van der Waals surface area contributed by atoms with Gasteiger partial charge in [0, 0.05) is 18.5 Å². The molecule has 0 aliphatic carbocycles. The van der Waals surface area contributed by atoms with Gasteiger partial charge in [-0.3, -0.25) is 4.68 Å². The fraction of sp³-hybridized carbons (Fsp3) is 0.846. The van der Waals surface area contributed by atoms with Crippen LogP contribution in [0.5, 0.6) is 0 Å². The summed E-state index contributed by atoms with van der Waals surface area (Å²) in [5, 5.41) is 7.97. The highest BCUT2D eigenvalue weighted by atomic mass is 15.3. The van der Waals surface area contributed by atoms with Crippen LogP contribution in [-0.4, -0.2) is 26.8 Å². The third kappa shape index (κ3) is 2.86. The molecule has 4 heteroatoms. The van der Waals surface area contributed by atoms with Crippen molar-refractivity contribution < 1.29 is 0 Å². The van der Waals surface area contributed by atoms with Crippen molar-refractivity contribution >= 4 is 0 Å². The van der Waals surface area contributed by atoms with Crippen molar-refractivity contribution in [3.63, 3.8) is 0 Å². The van der Waals surface area contributed by atoms with E-state index < -0.39 is 0 Å². The van der Waals surface area contributed by atoms with Crippen LogP contribution >= 0.6 is 0 Å². The minimum absolute atomic E-state index is 0.258. The van der Waals surface area contributed by atoms with Crippen molar-refractivity contribution in [2.24, 2.45) is 5.92 Å². The fourth-order valence-electron chi connectivity index (χ4n) is 3.04. The maximum absolute atomic E-state index is 4.41. The van der Waals surface area contributed by atoms with Crippen LogP contribution in [0.4, 0.5) is 0 Å². The molecule has 4 nitrogen and oxygen atoms in total. The third-order valence-electron chi connectivity index (χ3n) is 3.62. The molecule has 2 rings (SSSR count). The van der Waals surface area contributed by atoms with E-state index in [1.807, 2.05) is 4.68 Å². The van der Waals surface area contributed by atoms with E-state index in [1.54, 1.807) is 6.33 Å². The molecule has 1 N–H and O–H groups in total. The zero-order valence-corrected chi connectivity index (χ0v) is 11.2. The van der Waals surface area contributed by atoms with Crippen molar-refractivity contribution in [3.8, 4) is 0 Å². The van der Waals surface area contributed by atoms with Crippen LogP contribution in [0.25, 0.3) is 0 Å². The number of nitrogens with zero attached hydrogens (tertiary/aromatic N) is 3. The molecular formula is C13H24N4. The lowest BCUT2D eigenvalue weighted by Gasteiger charge is -2.31. The quantitative estimate of drug-likeness (QED) is 0.850. The van der Waals surface area contributed by atoms with Gasteiger partial charge in [-0.05, 0) is 38.6 Å². The Morgan fingerprint density at radius 1 is 1.53 bits per heavy atom. The van der Waals surface area contributed by atoms with Gasteiger partial charge in [0.2, 0.25) is 0 Å². The summed E-state index contributed by atoms with van der Waals surface area (Å²) in [6.07, 6.45) is 6.47. The molecule has 1 fully saturated rings. The average Bonchev–Trinajstić information content (AvgIpc) is 2.87. The molecule has 1 unspecified atom stereocenters. The number of hydrogen-bond donors (Lipinski definition) is 1. The van der Waals surface area contributed by atoms with E-state index in [1.165, 1.54) is 19.3 Å². The van der Waals surface area contributed by atoms with Gasteiger partial charge in [-0.25, -0.2) is 4.98 Å². The zero-order chi connectivity index (χ0) is 12.3. The smallest absolute Gasteiger partial charge is 0.138 e. The molecule has 1 aliphatic heterocycles. The number of aromatic nitrogens is 3. The first kappa shape index (κ1) is 12.6. The van der Waals surface area contributed by atoms with Gasteiger partial charge in [0.1, 0.15) is 12.2 Å². The number of rotatable bonds is 5. The largest absolute Gasteiger partial charge is 0.311 e. The molecule has 2 heterocycles. The Kier molecular flexibility index (Phi) is 3.82. The summed E-state index contributed by atoms with van der Waals surface area (Å²) < 4.78 is 2.02. The highest BCUT2D eigenvalue weighted by molar-refractivity contribution is 5.02. The molecule has 0 saturated carbocycles. The van der Waals surface area contributed by atoms with Gasteiger partial charge in [-0.1, -0.05) is 13.8 Å². The van der Waals surface area contributed by atoms with Crippen LogP contribution < -0.4 is 5.32 Å². The maximum atomic E-state index is 4.41. The lowest BCUT2D eigenvalue weighted by atomic mass is 9.84.